The summed E-state index contributed by atoms with van der Waals surface area (Å²) in [5.41, 5.74) is 6.46. The van der Waals surface area contributed by atoms with Gasteiger partial charge in [0.25, 0.3) is 0 Å². The van der Waals surface area contributed by atoms with Gasteiger partial charge in [-0.3, -0.25) is 0 Å². The van der Waals surface area contributed by atoms with Gasteiger partial charge in [0, 0.05) is 17.4 Å². The van der Waals surface area contributed by atoms with Crippen molar-refractivity contribution in [3.8, 4) is 6.07 Å². The van der Waals surface area contributed by atoms with Gasteiger partial charge in [0.15, 0.2) is 9.84 Å². The van der Waals surface area contributed by atoms with Crippen LogP contribution in [0, 0.1) is 11.3 Å². The van der Waals surface area contributed by atoms with E-state index < -0.39 is 9.84 Å². The summed E-state index contributed by atoms with van der Waals surface area (Å²) in [5, 5.41) is 8.90. The highest BCUT2D eigenvalue weighted by Gasteiger charge is 2.17. The molecular weight excluding hydrogens is 262 g/mol. The van der Waals surface area contributed by atoms with E-state index in [0.717, 1.165) is 0 Å². The number of nitrogen functional groups attached to an aromatic ring is 1. The Kier molecular flexibility index (Phi) is 3.49. The first-order chi connectivity index (χ1) is 9.03. The van der Waals surface area contributed by atoms with Crippen LogP contribution in [-0.4, -0.2) is 13.4 Å². The molecule has 0 saturated carbocycles. The fourth-order valence-corrected chi connectivity index (χ4v) is 3.06. The van der Waals surface area contributed by atoms with Crippen molar-refractivity contribution in [3.05, 3.63) is 53.9 Å². The lowest BCUT2D eigenvalue weighted by Gasteiger charge is -2.06. The first-order valence-corrected chi connectivity index (χ1v) is 7.10. The predicted molar refractivity (Wildman–Crippen MR) is 70.7 cm³/mol. The molecule has 2 aromatic rings. The average Bonchev–Trinajstić information content (AvgIpc) is 2.39. The van der Waals surface area contributed by atoms with Crippen molar-refractivity contribution >= 4 is 15.5 Å². The smallest absolute Gasteiger partial charge is 0.182 e. The highest BCUT2D eigenvalue weighted by molar-refractivity contribution is 7.90. The van der Waals surface area contributed by atoms with Crippen LogP contribution in [0.2, 0.25) is 0 Å². The van der Waals surface area contributed by atoms with Crippen LogP contribution in [0.5, 0.6) is 0 Å². The fourth-order valence-electron chi connectivity index (χ4n) is 1.65. The number of hydrogen-bond donors (Lipinski definition) is 1. The van der Waals surface area contributed by atoms with Crippen LogP contribution >= 0.6 is 0 Å². The number of nitrogens with two attached hydrogens (primary N) is 1. The van der Waals surface area contributed by atoms with E-state index in [1.165, 1.54) is 18.3 Å². The van der Waals surface area contributed by atoms with E-state index in [4.69, 9.17) is 11.0 Å². The third-order valence-electron chi connectivity index (χ3n) is 2.56. The lowest BCUT2D eigenvalue weighted by atomic mass is 10.2. The summed E-state index contributed by atoms with van der Waals surface area (Å²) in [5.74, 6) is -0.271. The molecule has 0 fully saturated rings. The first-order valence-electron chi connectivity index (χ1n) is 5.45. The van der Waals surface area contributed by atoms with Crippen LogP contribution in [0.15, 0.2) is 47.5 Å². The molecular formula is C13H11N3O2S. The zero-order chi connectivity index (χ0) is 13.9. The van der Waals surface area contributed by atoms with Crippen molar-refractivity contribution in [1.82, 2.24) is 4.98 Å². The summed E-state index contributed by atoms with van der Waals surface area (Å²) in [4.78, 5) is 3.98. The molecule has 2 N–H and O–H groups in total. The molecule has 19 heavy (non-hydrogen) atoms. The molecule has 0 spiro atoms. The van der Waals surface area contributed by atoms with Gasteiger partial charge in [-0.25, -0.2) is 13.4 Å². The number of nitriles is 1. The SMILES string of the molecule is N#Cc1ncccc1CS(=O)(=O)c1cccc(N)c1. The molecule has 96 valence electrons. The number of hydrogen-bond acceptors (Lipinski definition) is 5. The second-order valence-electron chi connectivity index (χ2n) is 3.95. The molecule has 0 radical (unpaired) electrons. The molecule has 2 rings (SSSR count). The molecule has 0 saturated heterocycles. The Balaban J connectivity index is 2.40. The van der Waals surface area contributed by atoms with Crippen LogP contribution in [0.25, 0.3) is 0 Å². The molecule has 0 aliphatic rings. The summed E-state index contributed by atoms with van der Waals surface area (Å²) < 4.78 is 24.5. The average molecular weight is 273 g/mol. The van der Waals surface area contributed by atoms with Gasteiger partial charge >= 0.3 is 0 Å². The number of sulfone groups is 1. The summed E-state index contributed by atoms with van der Waals surface area (Å²) in [7, 11) is -3.54. The molecule has 0 bridgehead atoms. The van der Waals surface area contributed by atoms with Gasteiger partial charge in [0.05, 0.1) is 10.6 Å². The Labute approximate surface area is 111 Å². The van der Waals surface area contributed by atoms with Crippen molar-refractivity contribution in [2.24, 2.45) is 0 Å². The number of aromatic nitrogens is 1. The quantitative estimate of drug-likeness (QED) is 0.855. The molecule has 0 atom stereocenters. The van der Waals surface area contributed by atoms with Gasteiger partial charge in [0.1, 0.15) is 11.8 Å². The molecule has 1 aromatic carbocycles. The summed E-state index contributed by atoms with van der Waals surface area (Å²) >= 11 is 0. The molecule has 5 nitrogen and oxygen atoms in total. The maximum atomic E-state index is 12.2. The lowest BCUT2D eigenvalue weighted by Crippen LogP contribution is -2.07. The van der Waals surface area contributed by atoms with Gasteiger partial charge in [0.2, 0.25) is 0 Å². The second-order valence-corrected chi connectivity index (χ2v) is 5.94. The Morgan fingerprint density at radius 1 is 1.26 bits per heavy atom. The fraction of sp³-hybridized carbons (Fsp3) is 0.0769. The normalized spacial score (nSPS) is 10.9. The summed E-state index contributed by atoms with van der Waals surface area (Å²) in [6, 6.07) is 11.1. The third kappa shape index (κ3) is 2.89. The van der Waals surface area contributed by atoms with E-state index >= 15 is 0 Å². The van der Waals surface area contributed by atoms with E-state index in [-0.39, 0.29) is 16.3 Å². The third-order valence-corrected chi connectivity index (χ3v) is 4.22. The van der Waals surface area contributed by atoms with Gasteiger partial charge in [-0.1, -0.05) is 12.1 Å². The van der Waals surface area contributed by atoms with Crippen LogP contribution in [0.3, 0.4) is 0 Å². The largest absolute Gasteiger partial charge is 0.399 e. The summed E-state index contributed by atoms with van der Waals surface area (Å²) in [6.45, 7) is 0. The topological polar surface area (TPSA) is 96.8 Å². The monoisotopic (exact) mass is 273 g/mol. The molecule has 0 unspecified atom stereocenters. The number of pyridine rings is 1. The molecule has 0 amide bonds. The highest BCUT2D eigenvalue weighted by Crippen LogP contribution is 2.19. The van der Waals surface area contributed by atoms with Crippen molar-refractivity contribution in [1.29, 1.82) is 5.26 Å². The summed E-state index contributed by atoms with van der Waals surface area (Å²) in [6.07, 6.45) is 1.45. The van der Waals surface area contributed by atoms with E-state index in [2.05, 4.69) is 4.98 Å². The minimum Gasteiger partial charge on any atom is -0.399 e. The van der Waals surface area contributed by atoms with Crippen LogP contribution in [-0.2, 0) is 15.6 Å². The van der Waals surface area contributed by atoms with Gasteiger partial charge < -0.3 is 5.73 Å². The van der Waals surface area contributed by atoms with Gasteiger partial charge in [-0.2, -0.15) is 5.26 Å². The standard InChI is InChI=1S/C13H11N3O2S/c14-8-13-10(3-2-6-16-13)9-19(17,18)12-5-1-4-11(15)7-12/h1-7H,9,15H2. The number of rotatable bonds is 3. The zero-order valence-electron chi connectivity index (χ0n) is 9.95. The highest BCUT2D eigenvalue weighted by atomic mass is 32.2. The lowest BCUT2D eigenvalue weighted by molar-refractivity contribution is 0.595. The first kappa shape index (κ1) is 13.1. The van der Waals surface area contributed by atoms with E-state index in [1.54, 1.807) is 24.3 Å². The Bertz CT molecular complexity index is 748. The number of benzene rings is 1. The molecule has 0 aliphatic heterocycles. The molecule has 6 heteroatoms. The van der Waals surface area contributed by atoms with E-state index in [1.807, 2.05) is 6.07 Å². The van der Waals surface area contributed by atoms with E-state index in [0.29, 0.717) is 11.3 Å². The maximum Gasteiger partial charge on any atom is 0.182 e. The predicted octanol–water partition coefficient (Wildman–Crippen LogP) is 1.51. The van der Waals surface area contributed by atoms with Crippen LogP contribution < -0.4 is 5.73 Å². The minimum absolute atomic E-state index is 0.120. The Hall–Kier alpha value is -2.39. The Morgan fingerprint density at radius 3 is 2.74 bits per heavy atom. The zero-order valence-corrected chi connectivity index (χ0v) is 10.8. The van der Waals surface area contributed by atoms with Crippen LogP contribution in [0.1, 0.15) is 11.3 Å². The van der Waals surface area contributed by atoms with Crippen molar-refractivity contribution < 1.29 is 8.42 Å². The number of nitrogens with zero attached hydrogens (tertiary/aromatic N) is 2. The van der Waals surface area contributed by atoms with Crippen molar-refractivity contribution in [2.75, 3.05) is 5.73 Å². The van der Waals surface area contributed by atoms with Crippen molar-refractivity contribution in [2.45, 2.75) is 10.6 Å². The van der Waals surface area contributed by atoms with Crippen LogP contribution in [0.4, 0.5) is 5.69 Å². The van der Waals surface area contributed by atoms with Gasteiger partial charge in [-0.15, -0.1) is 0 Å². The molecule has 0 aliphatic carbocycles. The molecule has 1 aromatic heterocycles. The maximum absolute atomic E-state index is 12.2. The molecule has 1 heterocycles. The van der Waals surface area contributed by atoms with E-state index in [9.17, 15) is 8.42 Å². The van der Waals surface area contributed by atoms with Crippen molar-refractivity contribution in [3.63, 3.8) is 0 Å². The van der Waals surface area contributed by atoms with Gasteiger partial charge in [-0.05, 0) is 24.3 Å². The Morgan fingerprint density at radius 2 is 2.05 bits per heavy atom. The number of anilines is 1. The second kappa shape index (κ2) is 5.08. The minimum atomic E-state index is -3.54.